The van der Waals surface area contributed by atoms with E-state index in [9.17, 15) is 14.6 Å². The summed E-state index contributed by atoms with van der Waals surface area (Å²) in [4.78, 5) is 7.11. The van der Waals surface area contributed by atoms with Gasteiger partial charge in [-0.3, -0.25) is 4.98 Å². The molecule has 5 nitrogen and oxygen atoms in total. The Kier molecular flexibility index (Phi) is 3.35. The number of fused-ring (bicyclic) bond motifs is 1. The van der Waals surface area contributed by atoms with E-state index < -0.39 is 5.79 Å². The summed E-state index contributed by atoms with van der Waals surface area (Å²) in [6, 6.07) is 7.59. The van der Waals surface area contributed by atoms with Crippen molar-refractivity contribution in [2.75, 3.05) is 0 Å². The highest BCUT2D eigenvalue weighted by Crippen LogP contribution is 2.30. The first-order valence-electron chi connectivity index (χ1n) is 6.71. The van der Waals surface area contributed by atoms with Crippen molar-refractivity contribution >= 4 is 11.0 Å². The van der Waals surface area contributed by atoms with Crippen LogP contribution in [0.3, 0.4) is 0 Å². The summed E-state index contributed by atoms with van der Waals surface area (Å²) >= 11 is 0. The van der Waals surface area contributed by atoms with E-state index >= 15 is 0 Å². The number of aromatic amines is 1. The molecule has 0 aliphatic carbocycles. The summed E-state index contributed by atoms with van der Waals surface area (Å²) in [6.07, 6.45) is 1.49. The van der Waals surface area contributed by atoms with Gasteiger partial charge in [-0.15, -0.1) is 0 Å². The average molecular weight is 302 g/mol. The predicted octanol–water partition coefficient (Wildman–Crippen LogP) is 2.96. The minimum Gasteiger partial charge on any atom is -0.441 e. The third kappa shape index (κ3) is 2.66. The van der Waals surface area contributed by atoms with E-state index in [4.69, 9.17) is 4.74 Å². The molecule has 114 valence electrons. The third-order valence-electron chi connectivity index (χ3n) is 3.36. The second-order valence-corrected chi connectivity index (χ2v) is 5.29. The van der Waals surface area contributed by atoms with Crippen molar-refractivity contribution in [2.24, 2.45) is 0 Å². The molecule has 0 bridgehead atoms. The molecule has 0 aliphatic rings. The number of halogens is 1. The molecule has 0 saturated heterocycles. The maximum atomic E-state index is 13.3. The number of hydrogen-bond acceptors (Lipinski definition) is 4. The van der Waals surface area contributed by atoms with Gasteiger partial charge >= 0.3 is 0 Å². The van der Waals surface area contributed by atoms with Gasteiger partial charge in [0.25, 0.3) is 0 Å². The molecule has 0 aliphatic heterocycles. The van der Waals surface area contributed by atoms with Gasteiger partial charge in [-0.1, -0.05) is 0 Å². The highest BCUT2D eigenvalue weighted by Gasteiger charge is 2.23. The fourth-order valence-corrected chi connectivity index (χ4v) is 2.26. The Morgan fingerprint density at radius 2 is 2.00 bits per heavy atom. The van der Waals surface area contributed by atoms with Crippen LogP contribution >= 0.6 is 0 Å². The molecular weight excluding hydrogens is 287 g/mol. The molecule has 0 spiro atoms. The first-order chi connectivity index (χ1) is 10.3. The first kappa shape index (κ1) is 14.5. The van der Waals surface area contributed by atoms with Crippen LogP contribution in [0.2, 0.25) is 0 Å². The minimum atomic E-state index is -1.99. The quantitative estimate of drug-likeness (QED) is 0.650. The van der Waals surface area contributed by atoms with E-state index in [2.05, 4.69) is 9.97 Å². The summed E-state index contributed by atoms with van der Waals surface area (Å²) in [5.41, 5.74) is 1.79. The number of hydrogen-bond donors (Lipinski definition) is 3. The molecule has 6 heteroatoms. The van der Waals surface area contributed by atoms with Gasteiger partial charge in [0.2, 0.25) is 0 Å². The van der Waals surface area contributed by atoms with Crippen LogP contribution in [0.5, 0.6) is 11.6 Å². The number of nitrogens with zero attached hydrogens (tertiary/aromatic N) is 1. The van der Waals surface area contributed by atoms with E-state index in [0.29, 0.717) is 33.8 Å². The third-order valence-corrected chi connectivity index (χ3v) is 3.36. The molecule has 0 unspecified atom stereocenters. The number of rotatable bonds is 3. The number of aryl methyl sites for hydroxylation is 1. The molecule has 1 aromatic carbocycles. The Morgan fingerprint density at radius 3 is 2.68 bits per heavy atom. The Hall–Kier alpha value is -2.44. The number of pyridine rings is 1. The fraction of sp³-hybridized carbons (Fsp3) is 0.188. The number of H-pyrrole nitrogens is 1. The molecule has 0 radical (unpaired) electrons. The Morgan fingerprint density at radius 1 is 1.23 bits per heavy atom. The molecule has 0 atom stereocenters. The van der Waals surface area contributed by atoms with Crippen LogP contribution in [0.4, 0.5) is 4.39 Å². The molecule has 0 amide bonds. The van der Waals surface area contributed by atoms with Crippen molar-refractivity contribution in [3.05, 3.63) is 53.5 Å². The largest absolute Gasteiger partial charge is 0.441 e. The molecule has 3 rings (SSSR count). The molecule has 3 N–H and O–H groups in total. The number of benzene rings is 1. The maximum Gasteiger partial charge on any atom is 0.200 e. The average Bonchev–Trinajstić information content (AvgIpc) is 2.83. The second kappa shape index (κ2) is 5.08. The van der Waals surface area contributed by atoms with E-state index in [1.165, 1.54) is 31.3 Å². The Labute approximate surface area is 126 Å². The Bertz CT molecular complexity index is 837. The van der Waals surface area contributed by atoms with Crippen molar-refractivity contribution in [1.82, 2.24) is 9.97 Å². The lowest BCUT2D eigenvalue weighted by Gasteiger charge is -2.16. The molecule has 22 heavy (non-hydrogen) atoms. The molecule has 0 saturated carbocycles. The number of nitrogens with one attached hydrogen (secondary N) is 1. The zero-order chi connectivity index (χ0) is 15.9. The molecule has 0 fully saturated rings. The summed E-state index contributed by atoms with van der Waals surface area (Å²) in [7, 11) is 0. The summed E-state index contributed by atoms with van der Waals surface area (Å²) < 4.78 is 18.9. The normalized spacial score (nSPS) is 11.9. The van der Waals surface area contributed by atoms with Crippen LogP contribution < -0.4 is 4.74 Å². The van der Waals surface area contributed by atoms with E-state index in [0.717, 1.165) is 0 Å². The molecule has 3 aromatic rings. The van der Waals surface area contributed by atoms with Crippen LogP contribution in [0.25, 0.3) is 11.0 Å². The van der Waals surface area contributed by atoms with Gasteiger partial charge in [-0.25, -0.2) is 4.39 Å². The number of aliphatic hydroxyl groups is 2. The van der Waals surface area contributed by atoms with Gasteiger partial charge in [-0.2, -0.15) is 0 Å². The highest BCUT2D eigenvalue weighted by molar-refractivity contribution is 5.81. The van der Waals surface area contributed by atoms with Crippen molar-refractivity contribution in [2.45, 2.75) is 19.6 Å². The second-order valence-electron chi connectivity index (χ2n) is 5.29. The maximum absolute atomic E-state index is 13.3. The zero-order valence-corrected chi connectivity index (χ0v) is 12.1. The van der Waals surface area contributed by atoms with Crippen LogP contribution in [0, 0.1) is 12.7 Å². The molecule has 2 heterocycles. The van der Waals surface area contributed by atoms with Crippen molar-refractivity contribution in [3.8, 4) is 11.6 Å². The van der Waals surface area contributed by atoms with Gasteiger partial charge in [0.1, 0.15) is 11.6 Å². The van der Waals surface area contributed by atoms with Crippen molar-refractivity contribution < 1.29 is 19.3 Å². The lowest BCUT2D eigenvalue weighted by atomic mass is 10.1. The van der Waals surface area contributed by atoms with E-state index in [-0.39, 0.29) is 5.82 Å². The first-order valence-corrected chi connectivity index (χ1v) is 6.71. The fourth-order valence-electron chi connectivity index (χ4n) is 2.26. The standard InChI is InChI=1S/C16H15FN2O3/c1-9-7-10(3-4-12(9)17)22-14-8-13-15(19-14)11(5-6-18-13)16(2,20)21/h3-8,19-21H,1-2H3. The lowest BCUT2D eigenvalue weighted by molar-refractivity contribution is -0.151. The van der Waals surface area contributed by atoms with Crippen LogP contribution in [-0.4, -0.2) is 20.2 Å². The Balaban J connectivity index is 2.00. The number of aromatic nitrogens is 2. The topological polar surface area (TPSA) is 78.4 Å². The summed E-state index contributed by atoms with van der Waals surface area (Å²) in [6.45, 7) is 2.92. The van der Waals surface area contributed by atoms with Gasteiger partial charge in [-0.05, 0) is 43.7 Å². The molecular formula is C16H15FN2O3. The summed E-state index contributed by atoms with van der Waals surface area (Å²) in [5.74, 6) is -1.44. The molecule has 2 aromatic heterocycles. The van der Waals surface area contributed by atoms with Crippen LogP contribution in [0.1, 0.15) is 18.1 Å². The van der Waals surface area contributed by atoms with Crippen molar-refractivity contribution in [1.29, 1.82) is 0 Å². The SMILES string of the molecule is Cc1cc(Oc2cc3nccc(C(C)(O)O)c3[nH]2)ccc1F. The van der Waals surface area contributed by atoms with Crippen molar-refractivity contribution in [3.63, 3.8) is 0 Å². The zero-order valence-electron chi connectivity index (χ0n) is 12.1. The monoisotopic (exact) mass is 302 g/mol. The van der Waals surface area contributed by atoms with Gasteiger partial charge in [0.05, 0.1) is 11.0 Å². The van der Waals surface area contributed by atoms with Crippen LogP contribution in [-0.2, 0) is 5.79 Å². The smallest absolute Gasteiger partial charge is 0.200 e. The van der Waals surface area contributed by atoms with Gasteiger partial charge in [0.15, 0.2) is 11.7 Å². The summed E-state index contributed by atoms with van der Waals surface area (Å²) in [5, 5.41) is 19.6. The predicted molar refractivity (Wildman–Crippen MR) is 79.1 cm³/mol. The lowest BCUT2D eigenvalue weighted by Crippen LogP contribution is -2.20. The van der Waals surface area contributed by atoms with Crippen LogP contribution in [0.15, 0.2) is 36.5 Å². The van der Waals surface area contributed by atoms with Gasteiger partial charge in [0, 0.05) is 17.8 Å². The minimum absolute atomic E-state index is 0.294. The van der Waals surface area contributed by atoms with Gasteiger partial charge < -0.3 is 19.9 Å². The van der Waals surface area contributed by atoms with E-state index in [1.54, 1.807) is 19.1 Å². The number of ether oxygens (including phenoxy) is 1. The highest BCUT2D eigenvalue weighted by atomic mass is 19.1. The van der Waals surface area contributed by atoms with E-state index in [1.807, 2.05) is 0 Å².